The summed E-state index contributed by atoms with van der Waals surface area (Å²) in [6.07, 6.45) is 6.39. The molecule has 0 atom stereocenters. The van der Waals surface area contributed by atoms with E-state index in [0.717, 1.165) is 23.4 Å². The normalized spacial score (nSPS) is 14.7. The van der Waals surface area contributed by atoms with Gasteiger partial charge in [0.25, 0.3) is 0 Å². The molecule has 100 valence electrons. The molecule has 20 heavy (non-hydrogen) atoms. The zero-order valence-corrected chi connectivity index (χ0v) is 12.5. The van der Waals surface area contributed by atoms with Crippen molar-refractivity contribution in [1.82, 2.24) is 4.98 Å². The fourth-order valence-corrected chi connectivity index (χ4v) is 3.66. The Hall–Kier alpha value is -1.63. The molecule has 1 aliphatic rings. The van der Waals surface area contributed by atoms with Gasteiger partial charge in [-0.15, -0.1) is 11.3 Å². The number of thiazole rings is 1. The standard InChI is InChI=1S/C16H13ClN2S/c17-13-6-2-1-5-11(13)9-12(10-18)16-19-14-7-3-4-8-15(14)20-16/h1-2,5-6,9H,3-4,7-8H2. The van der Waals surface area contributed by atoms with Crippen LogP contribution in [0.1, 0.15) is 34.0 Å². The number of hydrogen-bond acceptors (Lipinski definition) is 3. The number of nitriles is 1. The van der Waals surface area contributed by atoms with Crippen molar-refractivity contribution in [2.45, 2.75) is 25.7 Å². The van der Waals surface area contributed by atoms with Gasteiger partial charge in [0, 0.05) is 9.90 Å². The Morgan fingerprint density at radius 1 is 1.30 bits per heavy atom. The van der Waals surface area contributed by atoms with E-state index in [-0.39, 0.29) is 0 Å². The molecular weight excluding hydrogens is 288 g/mol. The summed E-state index contributed by atoms with van der Waals surface area (Å²) < 4.78 is 0. The lowest BCUT2D eigenvalue weighted by Gasteiger charge is -2.06. The Balaban J connectivity index is 2.00. The van der Waals surface area contributed by atoms with Crippen molar-refractivity contribution in [1.29, 1.82) is 5.26 Å². The van der Waals surface area contributed by atoms with E-state index in [1.165, 1.54) is 23.4 Å². The minimum Gasteiger partial charge on any atom is -0.240 e. The number of hydrogen-bond donors (Lipinski definition) is 0. The minimum absolute atomic E-state index is 0.595. The smallest absolute Gasteiger partial charge is 0.134 e. The van der Waals surface area contributed by atoms with Crippen LogP contribution in [0.2, 0.25) is 5.02 Å². The van der Waals surface area contributed by atoms with Crippen molar-refractivity contribution in [2.75, 3.05) is 0 Å². The molecule has 0 aliphatic heterocycles. The van der Waals surface area contributed by atoms with Crippen LogP contribution in [-0.4, -0.2) is 4.98 Å². The number of halogens is 1. The van der Waals surface area contributed by atoms with Gasteiger partial charge in [-0.1, -0.05) is 29.8 Å². The summed E-state index contributed by atoms with van der Waals surface area (Å²) in [4.78, 5) is 5.97. The summed E-state index contributed by atoms with van der Waals surface area (Å²) in [6, 6.07) is 9.79. The third-order valence-electron chi connectivity index (χ3n) is 3.40. The van der Waals surface area contributed by atoms with Gasteiger partial charge in [0.15, 0.2) is 0 Å². The van der Waals surface area contributed by atoms with Gasteiger partial charge < -0.3 is 0 Å². The molecule has 1 heterocycles. The fraction of sp³-hybridized carbons (Fsp3) is 0.250. The van der Waals surface area contributed by atoms with Gasteiger partial charge in [-0.25, -0.2) is 4.98 Å². The number of aromatic nitrogens is 1. The van der Waals surface area contributed by atoms with Crippen molar-refractivity contribution in [2.24, 2.45) is 0 Å². The molecule has 0 radical (unpaired) electrons. The SMILES string of the molecule is N#CC(=Cc1ccccc1Cl)c1nc2c(s1)CCCC2. The van der Waals surface area contributed by atoms with Gasteiger partial charge in [-0.2, -0.15) is 5.26 Å². The highest BCUT2D eigenvalue weighted by atomic mass is 35.5. The molecule has 1 aromatic heterocycles. The first-order valence-corrected chi connectivity index (χ1v) is 7.82. The molecule has 0 fully saturated rings. The molecule has 2 aromatic rings. The molecule has 0 saturated heterocycles. The lowest BCUT2D eigenvalue weighted by atomic mass is 10.0. The Morgan fingerprint density at radius 3 is 2.85 bits per heavy atom. The zero-order chi connectivity index (χ0) is 13.9. The lowest BCUT2D eigenvalue weighted by Crippen LogP contribution is -1.99. The first-order chi connectivity index (χ1) is 9.78. The third kappa shape index (κ3) is 2.63. The molecule has 0 spiro atoms. The summed E-state index contributed by atoms with van der Waals surface area (Å²) >= 11 is 7.79. The number of rotatable bonds is 2. The van der Waals surface area contributed by atoms with E-state index in [1.807, 2.05) is 30.3 Å². The number of allylic oxidation sites excluding steroid dienone is 1. The summed E-state index contributed by atoms with van der Waals surface area (Å²) in [5.41, 5.74) is 2.63. The molecule has 4 heteroatoms. The van der Waals surface area contributed by atoms with Crippen LogP contribution in [0.5, 0.6) is 0 Å². The molecule has 2 nitrogen and oxygen atoms in total. The van der Waals surface area contributed by atoms with Crippen LogP contribution in [-0.2, 0) is 12.8 Å². The number of nitrogens with zero attached hydrogens (tertiary/aromatic N) is 2. The fourth-order valence-electron chi connectivity index (χ4n) is 2.36. The molecule has 0 bridgehead atoms. The van der Waals surface area contributed by atoms with Crippen molar-refractivity contribution < 1.29 is 0 Å². The maximum atomic E-state index is 9.40. The Bertz CT molecular complexity index is 686. The van der Waals surface area contributed by atoms with Crippen molar-refractivity contribution in [3.8, 4) is 6.07 Å². The van der Waals surface area contributed by atoms with Gasteiger partial charge in [-0.3, -0.25) is 0 Å². The quantitative estimate of drug-likeness (QED) is 0.751. The van der Waals surface area contributed by atoms with Crippen LogP contribution in [0, 0.1) is 11.3 Å². The van der Waals surface area contributed by atoms with Gasteiger partial charge >= 0.3 is 0 Å². The Morgan fingerprint density at radius 2 is 2.10 bits per heavy atom. The molecular formula is C16H13ClN2S. The van der Waals surface area contributed by atoms with Crippen molar-refractivity contribution >= 4 is 34.6 Å². The van der Waals surface area contributed by atoms with Crippen LogP contribution >= 0.6 is 22.9 Å². The Kier molecular flexibility index (Phi) is 3.86. The summed E-state index contributed by atoms with van der Waals surface area (Å²) in [5, 5.41) is 10.9. The molecule has 0 saturated carbocycles. The maximum absolute atomic E-state index is 9.40. The lowest BCUT2D eigenvalue weighted by molar-refractivity contribution is 0.682. The summed E-state index contributed by atoms with van der Waals surface area (Å²) in [7, 11) is 0. The minimum atomic E-state index is 0.595. The average molecular weight is 301 g/mol. The van der Waals surface area contributed by atoms with Crippen LogP contribution in [0.15, 0.2) is 24.3 Å². The number of fused-ring (bicyclic) bond motifs is 1. The van der Waals surface area contributed by atoms with Crippen LogP contribution in [0.25, 0.3) is 11.6 Å². The summed E-state index contributed by atoms with van der Waals surface area (Å²) in [6.45, 7) is 0. The van der Waals surface area contributed by atoms with E-state index < -0.39 is 0 Å². The van der Waals surface area contributed by atoms with Gasteiger partial charge in [0.05, 0.1) is 11.3 Å². The predicted octanol–water partition coefficient (Wildman–Crippen LogP) is 4.74. The highest BCUT2D eigenvalue weighted by Gasteiger charge is 2.17. The van der Waals surface area contributed by atoms with Crippen molar-refractivity contribution in [3.05, 3.63) is 50.4 Å². The highest BCUT2D eigenvalue weighted by Crippen LogP contribution is 2.31. The Labute approximate surface area is 127 Å². The second-order valence-electron chi connectivity index (χ2n) is 4.79. The van der Waals surface area contributed by atoms with Gasteiger partial charge in [0.1, 0.15) is 11.1 Å². The molecule has 0 amide bonds. The zero-order valence-electron chi connectivity index (χ0n) is 10.9. The molecule has 0 N–H and O–H groups in total. The monoisotopic (exact) mass is 300 g/mol. The topological polar surface area (TPSA) is 36.7 Å². The molecule has 0 unspecified atom stereocenters. The van der Waals surface area contributed by atoms with Crippen molar-refractivity contribution in [3.63, 3.8) is 0 Å². The summed E-state index contributed by atoms with van der Waals surface area (Å²) in [5.74, 6) is 0. The van der Waals surface area contributed by atoms with E-state index in [2.05, 4.69) is 11.1 Å². The van der Waals surface area contributed by atoms with E-state index in [1.54, 1.807) is 11.3 Å². The molecule has 3 rings (SSSR count). The molecule has 1 aliphatic carbocycles. The first-order valence-electron chi connectivity index (χ1n) is 6.63. The first kappa shape index (κ1) is 13.4. The van der Waals surface area contributed by atoms with E-state index in [9.17, 15) is 5.26 Å². The second kappa shape index (κ2) is 5.78. The number of aryl methyl sites for hydroxylation is 2. The third-order valence-corrected chi connectivity index (χ3v) is 4.94. The number of benzene rings is 1. The molecule has 1 aromatic carbocycles. The van der Waals surface area contributed by atoms with E-state index in [0.29, 0.717) is 10.6 Å². The maximum Gasteiger partial charge on any atom is 0.134 e. The van der Waals surface area contributed by atoms with Crippen LogP contribution < -0.4 is 0 Å². The van der Waals surface area contributed by atoms with Gasteiger partial charge in [0.2, 0.25) is 0 Å². The largest absolute Gasteiger partial charge is 0.240 e. The predicted molar refractivity (Wildman–Crippen MR) is 83.7 cm³/mol. The van der Waals surface area contributed by atoms with Crippen LogP contribution in [0.3, 0.4) is 0 Å². The second-order valence-corrected chi connectivity index (χ2v) is 6.28. The van der Waals surface area contributed by atoms with Crippen LogP contribution in [0.4, 0.5) is 0 Å². The van der Waals surface area contributed by atoms with E-state index >= 15 is 0 Å². The average Bonchev–Trinajstić information content (AvgIpc) is 2.90. The van der Waals surface area contributed by atoms with E-state index in [4.69, 9.17) is 11.6 Å². The van der Waals surface area contributed by atoms with Gasteiger partial charge in [-0.05, 0) is 43.4 Å². The highest BCUT2D eigenvalue weighted by molar-refractivity contribution is 7.13.